The molecular weight excluding hydrogens is 394 g/mol. The Bertz CT molecular complexity index is 963. The first-order valence-electron chi connectivity index (χ1n) is 8.76. The number of methoxy groups -OCH3 is 1. The minimum Gasteiger partial charge on any atom is -0.493 e. The van der Waals surface area contributed by atoms with Crippen molar-refractivity contribution in [2.75, 3.05) is 7.11 Å². The van der Waals surface area contributed by atoms with Gasteiger partial charge in [-0.3, -0.25) is 10.1 Å². The summed E-state index contributed by atoms with van der Waals surface area (Å²) in [5.41, 5.74) is 2.18. The molecule has 1 amide bonds. The van der Waals surface area contributed by atoms with Gasteiger partial charge in [0.05, 0.1) is 23.8 Å². The van der Waals surface area contributed by atoms with Crippen LogP contribution < -0.4 is 14.9 Å². The fraction of sp³-hybridized carbons (Fsp3) is 0.250. The van der Waals surface area contributed by atoms with Crippen LogP contribution in [0.3, 0.4) is 0 Å². The molecule has 0 spiro atoms. The van der Waals surface area contributed by atoms with Crippen molar-refractivity contribution in [3.63, 3.8) is 0 Å². The van der Waals surface area contributed by atoms with Crippen LogP contribution in [0, 0.1) is 10.1 Å². The molecule has 0 saturated heterocycles. The number of hydrogen-bond donors (Lipinski definition) is 1. The molecule has 158 valence electrons. The maximum Gasteiger partial charge on any atom is 0.428 e. The van der Waals surface area contributed by atoms with Crippen molar-refractivity contribution in [2.45, 2.75) is 26.4 Å². The molecule has 10 nitrogen and oxygen atoms in total. The van der Waals surface area contributed by atoms with Gasteiger partial charge in [0, 0.05) is 12.1 Å². The number of esters is 1. The van der Waals surface area contributed by atoms with Gasteiger partial charge in [0.15, 0.2) is 11.5 Å². The van der Waals surface area contributed by atoms with Crippen molar-refractivity contribution < 1.29 is 28.7 Å². The number of hydrazone groups is 1. The molecule has 2 aromatic carbocycles. The number of amides is 1. The number of carbonyl (C=O) groups excluding carboxylic acids is 2. The zero-order valence-electron chi connectivity index (χ0n) is 16.9. The van der Waals surface area contributed by atoms with Gasteiger partial charge in [0.25, 0.3) is 5.69 Å². The normalized spacial score (nSPS) is 11.1. The minimum absolute atomic E-state index is 0.132. The molecule has 0 atom stereocenters. The number of carbonyl (C=O) groups is 2. The molecule has 0 radical (unpaired) electrons. The summed E-state index contributed by atoms with van der Waals surface area (Å²) in [5.74, 6) is -0.291. The first-order chi connectivity index (χ1) is 14.1. The molecule has 0 bridgehead atoms. The lowest BCUT2D eigenvalue weighted by molar-refractivity contribution is -0.384. The number of benzene rings is 2. The molecule has 30 heavy (non-hydrogen) atoms. The number of nitro groups is 1. The highest BCUT2D eigenvalue weighted by atomic mass is 16.6. The molecule has 0 aromatic heterocycles. The average Bonchev–Trinajstić information content (AvgIpc) is 2.67. The van der Waals surface area contributed by atoms with Crippen LogP contribution in [-0.4, -0.2) is 35.9 Å². The molecule has 2 rings (SSSR count). The van der Waals surface area contributed by atoms with Crippen molar-refractivity contribution in [1.29, 1.82) is 0 Å². The Hall–Kier alpha value is -3.95. The van der Waals surface area contributed by atoms with Crippen LogP contribution in [-0.2, 0) is 4.74 Å². The summed E-state index contributed by atoms with van der Waals surface area (Å²) < 4.78 is 15.6. The van der Waals surface area contributed by atoms with Gasteiger partial charge in [-0.15, -0.1) is 0 Å². The van der Waals surface area contributed by atoms with Gasteiger partial charge >= 0.3 is 12.1 Å². The van der Waals surface area contributed by atoms with Crippen LogP contribution in [0.4, 0.5) is 10.5 Å². The Balaban J connectivity index is 2.06. The fourth-order valence-corrected chi connectivity index (χ4v) is 2.19. The standard InChI is InChI=1S/C20H21N3O7/c1-20(2,3)30-19(25)22-21-12-13-5-10-16(17(11-13)28-4)29-18(24)14-6-8-15(9-7-14)23(26)27/h5-12H,1-4H3,(H,22,25). The van der Waals surface area contributed by atoms with E-state index in [2.05, 4.69) is 10.5 Å². The average molecular weight is 415 g/mol. The predicted molar refractivity (Wildman–Crippen MR) is 108 cm³/mol. The van der Waals surface area contributed by atoms with E-state index in [9.17, 15) is 19.7 Å². The van der Waals surface area contributed by atoms with E-state index in [0.29, 0.717) is 5.56 Å². The summed E-state index contributed by atoms with van der Waals surface area (Å²) in [6.45, 7) is 5.20. The summed E-state index contributed by atoms with van der Waals surface area (Å²) in [5, 5.41) is 14.5. The number of nitrogens with one attached hydrogen (secondary N) is 1. The molecule has 0 unspecified atom stereocenters. The Morgan fingerprint density at radius 2 is 1.77 bits per heavy atom. The molecule has 2 aromatic rings. The third-order valence-electron chi connectivity index (χ3n) is 3.47. The summed E-state index contributed by atoms with van der Waals surface area (Å²) in [7, 11) is 1.40. The third-order valence-corrected chi connectivity index (χ3v) is 3.47. The zero-order chi connectivity index (χ0) is 22.3. The number of nitro benzene ring substituents is 1. The van der Waals surface area contributed by atoms with E-state index in [-0.39, 0.29) is 22.7 Å². The quantitative estimate of drug-likeness (QED) is 0.250. The topological polar surface area (TPSA) is 129 Å². The molecule has 10 heteroatoms. The molecule has 0 aliphatic carbocycles. The fourth-order valence-electron chi connectivity index (χ4n) is 2.19. The van der Waals surface area contributed by atoms with Crippen LogP contribution in [0.5, 0.6) is 11.5 Å². The molecule has 0 fully saturated rings. The van der Waals surface area contributed by atoms with Gasteiger partial charge in [0.1, 0.15) is 5.60 Å². The van der Waals surface area contributed by atoms with Crippen molar-refractivity contribution in [3.8, 4) is 11.5 Å². The lowest BCUT2D eigenvalue weighted by Crippen LogP contribution is -2.29. The van der Waals surface area contributed by atoms with Gasteiger partial charge in [0.2, 0.25) is 0 Å². The van der Waals surface area contributed by atoms with Crippen molar-refractivity contribution in [1.82, 2.24) is 5.43 Å². The van der Waals surface area contributed by atoms with Crippen LogP contribution in [0.1, 0.15) is 36.7 Å². The summed E-state index contributed by atoms with van der Waals surface area (Å²) in [4.78, 5) is 34.0. The highest BCUT2D eigenvalue weighted by Gasteiger charge is 2.16. The minimum atomic E-state index is -0.698. The number of ether oxygens (including phenoxy) is 3. The highest BCUT2D eigenvalue weighted by molar-refractivity contribution is 5.92. The number of non-ortho nitro benzene ring substituents is 1. The maximum atomic E-state index is 12.3. The Kier molecular flexibility index (Phi) is 7.08. The first-order valence-corrected chi connectivity index (χ1v) is 8.76. The van der Waals surface area contributed by atoms with Gasteiger partial charge in [-0.2, -0.15) is 5.10 Å². The largest absolute Gasteiger partial charge is 0.493 e. The summed E-state index contributed by atoms with van der Waals surface area (Å²) in [6, 6.07) is 9.68. The zero-order valence-corrected chi connectivity index (χ0v) is 16.9. The monoisotopic (exact) mass is 415 g/mol. The lowest BCUT2D eigenvalue weighted by Gasteiger charge is -2.18. The van der Waals surface area contributed by atoms with Gasteiger partial charge in [-0.25, -0.2) is 15.0 Å². The summed E-state index contributed by atoms with van der Waals surface area (Å²) in [6.07, 6.45) is 0.674. The van der Waals surface area contributed by atoms with Gasteiger partial charge < -0.3 is 14.2 Å². The second-order valence-corrected chi connectivity index (χ2v) is 6.98. The van der Waals surface area contributed by atoms with Gasteiger partial charge in [-0.1, -0.05) is 0 Å². The highest BCUT2D eigenvalue weighted by Crippen LogP contribution is 2.28. The van der Waals surface area contributed by atoms with E-state index in [1.807, 2.05) is 0 Å². The van der Waals surface area contributed by atoms with E-state index < -0.39 is 22.6 Å². The molecule has 0 aliphatic heterocycles. The third kappa shape index (κ3) is 6.59. The van der Waals surface area contributed by atoms with E-state index in [1.54, 1.807) is 32.9 Å². The second-order valence-electron chi connectivity index (χ2n) is 6.98. The van der Waals surface area contributed by atoms with Gasteiger partial charge in [-0.05, 0) is 56.7 Å². The van der Waals surface area contributed by atoms with E-state index in [0.717, 1.165) is 0 Å². The van der Waals surface area contributed by atoms with Crippen LogP contribution in [0.15, 0.2) is 47.6 Å². The SMILES string of the molecule is COc1cc(C=NNC(=O)OC(C)(C)C)ccc1OC(=O)c1ccc([N+](=O)[O-])cc1. The molecule has 0 heterocycles. The Labute approximate surface area is 172 Å². The Morgan fingerprint density at radius 1 is 1.10 bits per heavy atom. The second kappa shape index (κ2) is 9.50. The van der Waals surface area contributed by atoms with Crippen molar-refractivity contribution in [3.05, 3.63) is 63.7 Å². The number of hydrogen-bond acceptors (Lipinski definition) is 8. The summed E-state index contributed by atoms with van der Waals surface area (Å²) >= 11 is 0. The smallest absolute Gasteiger partial charge is 0.428 e. The first kappa shape index (κ1) is 22.3. The van der Waals surface area contributed by atoms with E-state index >= 15 is 0 Å². The molecule has 1 N–H and O–H groups in total. The van der Waals surface area contributed by atoms with Crippen LogP contribution in [0.25, 0.3) is 0 Å². The maximum absolute atomic E-state index is 12.3. The lowest BCUT2D eigenvalue weighted by atomic mass is 10.2. The molecule has 0 aliphatic rings. The van der Waals surface area contributed by atoms with Crippen molar-refractivity contribution in [2.24, 2.45) is 5.10 Å². The van der Waals surface area contributed by atoms with E-state index in [4.69, 9.17) is 14.2 Å². The van der Waals surface area contributed by atoms with Crippen LogP contribution in [0.2, 0.25) is 0 Å². The predicted octanol–water partition coefficient (Wildman–Crippen LogP) is 3.68. The molecule has 0 saturated carbocycles. The molecular formula is C20H21N3O7. The van der Waals surface area contributed by atoms with E-state index in [1.165, 1.54) is 43.7 Å². The Morgan fingerprint density at radius 3 is 2.33 bits per heavy atom. The number of rotatable bonds is 6. The number of nitrogens with zero attached hydrogens (tertiary/aromatic N) is 2. The van der Waals surface area contributed by atoms with Crippen molar-refractivity contribution >= 4 is 24.0 Å². The van der Waals surface area contributed by atoms with Crippen LogP contribution >= 0.6 is 0 Å².